The molecule has 1 amide bonds. The van der Waals surface area contributed by atoms with E-state index in [1.54, 1.807) is 0 Å². The minimum atomic E-state index is -4.66. The summed E-state index contributed by atoms with van der Waals surface area (Å²) in [5.41, 5.74) is -1.67. The minimum Gasteiger partial charge on any atom is -0.465 e. The highest BCUT2D eigenvalue weighted by atomic mass is 19.4. The largest absolute Gasteiger partial charge is 0.465 e. The van der Waals surface area contributed by atoms with Crippen LogP contribution in [0.25, 0.3) is 0 Å². The predicted octanol–water partition coefficient (Wildman–Crippen LogP) is 5.99. The molecular weight excluding hydrogens is 414 g/mol. The molecule has 1 aliphatic rings. The van der Waals surface area contributed by atoms with Gasteiger partial charge in [-0.15, -0.1) is 0 Å². The summed E-state index contributed by atoms with van der Waals surface area (Å²) in [6, 6.07) is 1.81. The van der Waals surface area contributed by atoms with Gasteiger partial charge in [0.2, 0.25) is 0 Å². The Balaban J connectivity index is 1.76. The number of halogens is 4. The molecule has 2 rings (SSSR count). The highest BCUT2D eigenvalue weighted by Crippen LogP contribution is 2.31. The molecule has 4 nitrogen and oxygen atoms in total. The predicted molar refractivity (Wildman–Crippen MR) is 109 cm³/mol. The van der Waals surface area contributed by atoms with Crippen LogP contribution in [0.15, 0.2) is 18.2 Å². The lowest BCUT2D eigenvalue weighted by atomic mass is 9.96. The van der Waals surface area contributed by atoms with Crippen LogP contribution in [-0.4, -0.2) is 36.5 Å². The number of benzene rings is 1. The first-order valence-electron chi connectivity index (χ1n) is 11.1. The van der Waals surface area contributed by atoms with Gasteiger partial charge in [-0.2, -0.15) is 13.2 Å². The normalized spacial score (nSPS) is 15.2. The van der Waals surface area contributed by atoms with Gasteiger partial charge in [-0.05, 0) is 37.5 Å². The van der Waals surface area contributed by atoms with Crippen LogP contribution in [0.4, 0.5) is 17.6 Å². The molecule has 0 radical (unpaired) electrons. The first kappa shape index (κ1) is 25.1. The second kappa shape index (κ2) is 12.1. The first-order valence-corrected chi connectivity index (χ1v) is 11.1. The Morgan fingerprint density at radius 1 is 1.03 bits per heavy atom. The second-order valence-corrected chi connectivity index (χ2v) is 8.05. The van der Waals surface area contributed by atoms with E-state index in [1.165, 1.54) is 30.6 Å². The highest BCUT2D eigenvalue weighted by Gasteiger charge is 2.34. The Labute approximate surface area is 180 Å². The molecular formula is C23H31F4NO3. The van der Waals surface area contributed by atoms with Gasteiger partial charge in [0.15, 0.2) is 0 Å². The number of unbranched alkanes of at least 4 members (excludes halogenated alkanes) is 6. The van der Waals surface area contributed by atoms with Crippen LogP contribution in [0.2, 0.25) is 0 Å². The van der Waals surface area contributed by atoms with Crippen LogP contribution < -0.4 is 0 Å². The molecule has 1 aromatic carbocycles. The number of ether oxygens (including phenoxy) is 1. The molecule has 0 aromatic heterocycles. The first-order chi connectivity index (χ1) is 14.7. The van der Waals surface area contributed by atoms with E-state index in [0.717, 1.165) is 19.3 Å². The fraction of sp³-hybridized carbons (Fsp3) is 0.652. The van der Waals surface area contributed by atoms with Crippen LogP contribution in [0.1, 0.15) is 80.6 Å². The van der Waals surface area contributed by atoms with Crippen LogP contribution in [0.3, 0.4) is 0 Å². The fourth-order valence-electron chi connectivity index (χ4n) is 3.70. The molecule has 31 heavy (non-hydrogen) atoms. The number of rotatable bonds is 10. The number of amides is 1. The molecule has 0 spiro atoms. The van der Waals surface area contributed by atoms with Gasteiger partial charge in [-0.25, -0.2) is 4.39 Å². The average Bonchev–Trinajstić information content (AvgIpc) is 2.74. The van der Waals surface area contributed by atoms with E-state index in [4.69, 9.17) is 4.74 Å². The number of nitrogens with zero attached hydrogens (tertiary/aromatic N) is 1. The van der Waals surface area contributed by atoms with Gasteiger partial charge in [-0.3, -0.25) is 9.59 Å². The second-order valence-electron chi connectivity index (χ2n) is 8.05. The van der Waals surface area contributed by atoms with Crippen molar-refractivity contribution < 1.29 is 31.9 Å². The number of likely N-dealkylation sites (tertiary alicyclic amines) is 1. The summed E-state index contributed by atoms with van der Waals surface area (Å²) in [6.45, 7) is 2.89. The fourth-order valence-corrected chi connectivity index (χ4v) is 3.70. The smallest absolute Gasteiger partial charge is 0.416 e. The lowest BCUT2D eigenvalue weighted by molar-refractivity contribution is -0.150. The molecule has 0 bridgehead atoms. The summed E-state index contributed by atoms with van der Waals surface area (Å²) in [5, 5.41) is 0. The quantitative estimate of drug-likeness (QED) is 0.252. The average molecular weight is 445 g/mol. The summed E-state index contributed by atoms with van der Waals surface area (Å²) in [4.78, 5) is 26.0. The summed E-state index contributed by atoms with van der Waals surface area (Å²) < 4.78 is 57.9. The zero-order valence-corrected chi connectivity index (χ0v) is 18.0. The SMILES string of the molecule is CCCCCCCCCOC(=O)C1CCN(C(=O)c2cc(C(F)(F)F)ccc2F)CC1. The van der Waals surface area contributed by atoms with E-state index < -0.39 is 29.0 Å². The van der Waals surface area contributed by atoms with Gasteiger partial charge in [-0.1, -0.05) is 45.4 Å². The number of hydrogen-bond acceptors (Lipinski definition) is 3. The van der Waals surface area contributed by atoms with E-state index >= 15 is 0 Å². The summed E-state index contributed by atoms with van der Waals surface area (Å²) in [5.74, 6) is -2.43. The van der Waals surface area contributed by atoms with Crippen molar-refractivity contribution in [2.45, 2.75) is 70.9 Å². The van der Waals surface area contributed by atoms with E-state index in [2.05, 4.69) is 6.92 Å². The van der Waals surface area contributed by atoms with Gasteiger partial charge in [0.1, 0.15) is 5.82 Å². The van der Waals surface area contributed by atoms with Crippen molar-refractivity contribution in [2.24, 2.45) is 5.92 Å². The van der Waals surface area contributed by atoms with E-state index in [0.29, 0.717) is 37.6 Å². The highest BCUT2D eigenvalue weighted by molar-refractivity contribution is 5.95. The Hall–Kier alpha value is -2.12. The monoisotopic (exact) mass is 445 g/mol. The van der Waals surface area contributed by atoms with Crippen molar-refractivity contribution in [3.05, 3.63) is 35.1 Å². The Bertz CT molecular complexity index is 728. The number of hydrogen-bond donors (Lipinski definition) is 0. The van der Waals surface area contributed by atoms with Gasteiger partial charge >= 0.3 is 12.1 Å². The van der Waals surface area contributed by atoms with Crippen LogP contribution in [0, 0.1) is 11.7 Å². The molecule has 8 heteroatoms. The Morgan fingerprint density at radius 3 is 2.26 bits per heavy atom. The van der Waals surface area contributed by atoms with Crippen molar-refractivity contribution in [3.8, 4) is 0 Å². The van der Waals surface area contributed by atoms with Gasteiger partial charge in [0.05, 0.1) is 23.7 Å². The van der Waals surface area contributed by atoms with E-state index in [-0.39, 0.29) is 25.0 Å². The third-order valence-electron chi connectivity index (χ3n) is 5.63. The molecule has 0 unspecified atom stereocenters. The number of esters is 1. The maximum atomic E-state index is 14.0. The Kier molecular flexibility index (Phi) is 9.78. The molecule has 0 atom stereocenters. The standard InChI is InChI=1S/C23H31F4NO3/c1-2-3-4-5-6-7-8-15-31-22(30)17-11-13-28(14-12-17)21(29)19-16-18(23(25,26)27)9-10-20(19)24/h9-10,16-17H,2-8,11-15H2,1H3. The zero-order valence-electron chi connectivity index (χ0n) is 18.0. The van der Waals surface area contributed by atoms with E-state index in [1.807, 2.05) is 0 Å². The molecule has 1 heterocycles. The number of piperidine rings is 1. The molecule has 0 N–H and O–H groups in total. The summed E-state index contributed by atoms with van der Waals surface area (Å²) >= 11 is 0. The van der Waals surface area contributed by atoms with Gasteiger partial charge in [0, 0.05) is 13.1 Å². The Morgan fingerprint density at radius 2 is 1.65 bits per heavy atom. The number of alkyl halides is 3. The molecule has 1 aliphatic heterocycles. The van der Waals surface area contributed by atoms with Crippen LogP contribution >= 0.6 is 0 Å². The number of carbonyl (C=O) groups is 2. The van der Waals surface area contributed by atoms with Crippen molar-refractivity contribution in [1.82, 2.24) is 4.90 Å². The number of carbonyl (C=O) groups excluding carboxylic acids is 2. The zero-order chi connectivity index (χ0) is 22.9. The molecule has 0 saturated carbocycles. The van der Waals surface area contributed by atoms with Gasteiger partial charge in [0.25, 0.3) is 5.91 Å². The van der Waals surface area contributed by atoms with Crippen molar-refractivity contribution >= 4 is 11.9 Å². The van der Waals surface area contributed by atoms with Crippen molar-refractivity contribution in [3.63, 3.8) is 0 Å². The summed E-state index contributed by atoms with van der Waals surface area (Å²) in [6.07, 6.45) is 3.90. The third kappa shape index (κ3) is 7.82. The molecule has 1 aromatic rings. The maximum Gasteiger partial charge on any atom is 0.416 e. The molecule has 1 saturated heterocycles. The van der Waals surface area contributed by atoms with E-state index in [9.17, 15) is 27.2 Å². The van der Waals surface area contributed by atoms with Crippen molar-refractivity contribution in [2.75, 3.05) is 19.7 Å². The van der Waals surface area contributed by atoms with Gasteiger partial charge < -0.3 is 9.64 Å². The molecule has 0 aliphatic carbocycles. The molecule has 1 fully saturated rings. The lowest BCUT2D eigenvalue weighted by Gasteiger charge is -2.31. The molecule has 174 valence electrons. The van der Waals surface area contributed by atoms with Crippen molar-refractivity contribution in [1.29, 1.82) is 0 Å². The van der Waals surface area contributed by atoms with Crippen LogP contribution in [-0.2, 0) is 15.7 Å². The minimum absolute atomic E-state index is 0.172. The topological polar surface area (TPSA) is 46.6 Å². The maximum absolute atomic E-state index is 14.0. The van der Waals surface area contributed by atoms with Crippen LogP contribution in [0.5, 0.6) is 0 Å². The third-order valence-corrected chi connectivity index (χ3v) is 5.63. The summed E-state index contributed by atoms with van der Waals surface area (Å²) in [7, 11) is 0. The lowest BCUT2D eigenvalue weighted by Crippen LogP contribution is -2.41.